The molecule has 1 N–H and O–H groups in total. The highest BCUT2D eigenvalue weighted by Gasteiger charge is 2.04. The molecule has 0 saturated heterocycles. The van der Waals surface area contributed by atoms with Crippen molar-refractivity contribution >= 4 is 0 Å². The van der Waals surface area contributed by atoms with Crippen LogP contribution in [0.15, 0.2) is 42.7 Å². The molecule has 2 rings (SSSR count). The van der Waals surface area contributed by atoms with E-state index in [1.165, 1.54) is 5.56 Å². The van der Waals surface area contributed by atoms with Crippen molar-refractivity contribution < 1.29 is 4.74 Å². The Morgan fingerprint density at radius 1 is 1.16 bits per heavy atom. The van der Waals surface area contributed by atoms with E-state index in [2.05, 4.69) is 24.1 Å². The highest BCUT2D eigenvalue weighted by atomic mass is 16.5. The van der Waals surface area contributed by atoms with Crippen LogP contribution in [0.25, 0.3) is 0 Å². The third-order valence-electron chi connectivity index (χ3n) is 2.86. The average molecular weight is 256 g/mol. The third kappa shape index (κ3) is 4.07. The molecule has 0 aliphatic heterocycles. The van der Waals surface area contributed by atoms with E-state index in [0.717, 1.165) is 36.6 Å². The minimum Gasteiger partial charge on any atom is -0.455 e. The second kappa shape index (κ2) is 6.90. The molecule has 100 valence electrons. The van der Waals surface area contributed by atoms with Crippen molar-refractivity contribution in [3.8, 4) is 11.5 Å². The molecule has 1 aromatic carbocycles. The third-order valence-corrected chi connectivity index (χ3v) is 2.86. The molecule has 2 aromatic rings. The van der Waals surface area contributed by atoms with Crippen LogP contribution in [0.1, 0.15) is 24.5 Å². The number of hydrogen-bond acceptors (Lipinski definition) is 3. The lowest BCUT2D eigenvalue weighted by molar-refractivity contribution is 0.470. The van der Waals surface area contributed by atoms with Crippen molar-refractivity contribution in [1.82, 2.24) is 10.3 Å². The predicted octanol–water partition coefficient (Wildman–Crippen LogP) is 3.68. The van der Waals surface area contributed by atoms with Crippen molar-refractivity contribution in [2.24, 2.45) is 0 Å². The maximum absolute atomic E-state index is 5.89. The summed E-state index contributed by atoms with van der Waals surface area (Å²) in [5, 5.41) is 3.38. The van der Waals surface area contributed by atoms with E-state index in [0.29, 0.717) is 0 Å². The molecule has 0 aliphatic carbocycles. The zero-order valence-corrected chi connectivity index (χ0v) is 11.5. The second-order valence-corrected chi connectivity index (χ2v) is 4.58. The van der Waals surface area contributed by atoms with Gasteiger partial charge in [-0.1, -0.05) is 24.6 Å². The number of nitrogens with one attached hydrogen (secondary N) is 1. The molecule has 3 nitrogen and oxygen atoms in total. The number of aryl methyl sites for hydroxylation is 1. The SMILES string of the molecule is CCCNCc1ccncc1Oc1ccc(C)cc1. The van der Waals surface area contributed by atoms with Gasteiger partial charge >= 0.3 is 0 Å². The Labute approximate surface area is 114 Å². The van der Waals surface area contributed by atoms with Crippen LogP contribution >= 0.6 is 0 Å². The molecular formula is C16H20N2O. The van der Waals surface area contributed by atoms with E-state index < -0.39 is 0 Å². The molecule has 0 atom stereocenters. The van der Waals surface area contributed by atoms with Crippen LogP contribution < -0.4 is 10.1 Å². The summed E-state index contributed by atoms with van der Waals surface area (Å²) in [5.41, 5.74) is 2.35. The summed E-state index contributed by atoms with van der Waals surface area (Å²) in [6.07, 6.45) is 4.69. The molecule has 0 fully saturated rings. The van der Waals surface area contributed by atoms with Crippen molar-refractivity contribution in [3.05, 3.63) is 53.9 Å². The second-order valence-electron chi connectivity index (χ2n) is 4.58. The van der Waals surface area contributed by atoms with Gasteiger partial charge in [0.05, 0.1) is 6.20 Å². The van der Waals surface area contributed by atoms with Gasteiger partial charge in [-0.25, -0.2) is 0 Å². The molecule has 0 bridgehead atoms. The quantitative estimate of drug-likeness (QED) is 0.800. The van der Waals surface area contributed by atoms with Gasteiger partial charge < -0.3 is 10.1 Å². The Bertz CT molecular complexity index is 508. The fraction of sp³-hybridized carbons (Fsp3) is 0.312. The van der Waals surface area contributed by atoms with Crippen molar-refractivity contribution in [2.45, 2.75) is 26.8 Å². The van der Waals surface area contributed by atoms with E-state index in [1.54, 1.807) is 12.4 Å². The number of nitrogens with zero attached hydrogens (tertiary/aromatic N) is 1. The van der Waals surface area contributed by atoms with Gasteiger partial charge in [0, 0.05) is 18.3 Å². The Morgan fingerprint density at radius 2 is 1.95 bits per heavy atom. The summed E-state index contributed by atoms with van der Waals surface area (Å²) < 4.78 is 5.89. The minimum absolute atomic E-state index is 0.803. The maximum Gasteiger partial charge on any atom is 0.150 e. The van der Waals surface area contributed by atoms with Crippen LogP contribution in [-0.4, -0.2) is 11.5 Å². The lowest BCUT2D eigenvalue weighted by Crippen LogP contribution is -2.14. The van der Waals surface area contributed by atoms with Gasteiger partial charge in [0.25, 0.3) is 0 Å². The number of rotatable bonds is 6. The van der Waals surface area contributed by atoms with Gasteiger partial charge in [0.2, 0.25) is 0 Å². The number of aromatic nitrogens is 1. The first-order valence-corrected chi connectivity index (χ1v) is 6.67. The van der Waals surface area contributed by atoms with Crippen LogP contribution in [0, 0.1) is 6.92 Å². The Morgan fingerprint density at radius 3 is 2.68 bits per heavy atom. The maximum atomic E-state index is 5.89. The van der Waals surface area contributed by atoms with Gasteiger partial charge in [-0.05, 0) is 38.1 Å². The lowest BCUT2D eigenvalue weighted by Gasteiger charge is -2.11. The first kappa shape index (κ1) is 13.6. The first-order valence-electron chi connectivity index (χ1n) is 6.67. The Hall–Kier alpha value is -1.87. The summed E-state index contributed by atoms with van der Waals surface area (Å²) in [6, 6.07) is 10.0. The van der Waals surface area contributed by atoms with Gasteiger partial charge in [-0.2, -0.15) is 0 Å². The standard InChI is InChI=1S/C16H20N2O/c1-3-9-17-11-14-8-10-18-12-16(14)19-15-6-4-13(2)5-7-15/h4-8,10,12,17H,3,9,11H2,1-2H3. The zero-order valence-electron chi connectivity index (χ0n) is 11.5. The van der Waals surface area contributed by atoms with Crippen LogP contribution in [0.2, 0.25) is 0 Å². The van der Waals surface area contributed by atoms with E-state index in [1.807, 2.05) is 30.3 Å². The summed E-state index contributed by atoms with van der Waals surface area (Å²) in [4.78, 5) is 4.13. The monoisotopic (exact) mass is 256 g/mol. The summed E-state index contributed by atoms with van der Waals surface area (Å²) in [6.45, 7) is 6.03. The molecule has 0 amide bonds. The van der Waals surface area contributed by atoms with E-state index in [9.17, 15) is 0 Å². The molecule has 0 unspecified atom stereocenters. The molecule has 0 aliphatic rings. The van der Waals surface area contributed by atoms with Crippen LogP contribution in [0.3, 0.4) is 0 Å². The molecule has 1 heterocycles. The number of ether oxygens (including phenoxy) is 1. The van der Waals surface area contributed by atoms with Crippen LogP contribution in [0.5, 0.6) is 11.5 Å². The van der Waals surface area contributed by atoms with Crippen molar-refractivity contribution in [2.75, 3.05) is 6.54 Å². The summed E-state index contributed by atoms with van der Waals surface area (Å²) in [7, 11) is 0. The average Bonchev–Trinajstić information content (AvgIpc) is 2.43. The highest BCUT2D eigenvalue weighted by molar-refractivity contribution is 5.36. The zero-order chi connectivity index (χ0) is 13.5. The minimum atomic E-state index is 0.803. The van der Waals surface area contributed by atoms with Gasteiger partial charge in [-0.15, -0.1) is 0 Å². The number of pyridine rings is 1. The van der Waals surface area contributed by atoms with E-state index >= 15 is 0 Å². The first-order chi connectivity index (χ1) is 9.29. The molecule has 3 heteroatoms. The molecule has 1 aromatic heterocycles. The van der Waals surface area contributed by atoms with Gasteiger partial charge in [0.15, 0.2) is 0 Å². The largest absolute Gasteiger partial charge is 0.455 e. The summed E-state index contributed by atoms with van der Waals surface area (Å²) in [5.74, 6) is 1.66. The highest BCUT2D eigenvalue weighted by Crippen LogP contribution is 2.24. The molecule has 0 saturated carbocycles. The van der Waals surface area contributed by atoms with E-state index in [4.69, 9.17) is 4.74 Å². The van der Waals surface area contributed by atoms with Crippen LogP contribution in [0.4, 0.5) is 0 Å². The normalized spacial score (nSPS) is 10.4. The van der Waals surface area contributed by atoms with Crippen molar-refractivity contribution in [3.63, 3.8) is 0 Å². The Balaban J connectivity index is 2.08. The van der Waals surface area contributed by atoms with Gasteiger partial charge in [0.1, 0.15) is 11.5 Å². The smallest absolute Gasteiger partial charge is 0.150 e. The molecule has 0 radical (unpaired) electrons. The fourth-order valence-electron chi connectivity index (χ4n) is 1.78. The lowest BCUT2D eigenvalue weighted by atomic mass is 10.2. The molecule has 0 spiro atoms. The van der Waals surface area contributed by atoms with Crippen molar-refractivity contribution in [1.29, 1.82) is 0 Å². The van der Waals surface area contributed by atoms with Crippen LogP contribution in [-0.2, 0) is 6.54 Å². The van der Waals surface area contributed by atoms with Gasteiger partial charge in [-0.3, -0.25) is 4.98 Å². The Kier molecular flexibility index (Phi) is 4.93. The molecular weight excluding hydrogens is 236 g/mol. The number of hydrogen-bond donors (Lipinski definition) is 1. The number of benzene rings is 1. The topological polar surface area (TPSA) is 34.2 Å². The molecule has 19 heavy (non-hydrogen) atoms. The predicted molar refractivity (Wildman–Crippen MR) is 77.5 cm³/mol. The van der Waals surface area contributed by atoms with E-state index in [-0.39, 0.29) is 0 Å². The fourth-order valence-corrected chi connectivity index (χ4v) is 1.78. The summed E-state index contributed by atoms with van der Waals surface area (Å²) >= 11 is 0.